The maximum Gasteiger partial charge on any atom is 0.341 e. The van der Waals surface area contributed by atoms with Crippen molar-refractivity contribution < 1.29 is 17.2 Å². The lowest BCUT2D eigenvalue weighted by atomic mass is 10.2. The number of halogens is 2. The van der Waals surface area contributed by atoms with Crippen molar-refractivity contribution in [2.24, 2.45) is 0 Å². The summed E-state index contributed by atoms with van der Waals surface area (Å²) < 4.78 is 46.6. The van der Waals surface area contributed by atoms with Gasteiger partial charge >= 0.3 is 5.76 Å². The van der Waals surface area contributed by atoms with Crippen molar-refractivity contribution in [1.82, 2.24) is 0 Å². The van der Waals surface area contributed by atoms with Gasteiger partial charge in [0.25, 0.3) is 0 Å². The molecule has 0 spiro atoms. The van der Waals surface area contributed by atoms with Crippen LogP contribution in [0.2, 0.25) is 0 Å². The minimum absolute atomic E-state index is 0.293. The molecule has 5 heteroatoms. The second-order valence-electron chi connectivity index (χ2n) is 3.07. The van der Waals surface area contributed by atoms with Crippen molar-refractivity contribution in [2.45, 2.75) is 24.5 Å². The minimum atomic E-state index is -4.46. The van der Waals surface area contributed by atoms with Gasteiger partial charge in [-0.3, -0.25) is 0 Å². The Balaban J connectivity index is 3.35. The van der Waals surface area contributed by atoms with Crippen LogP contribution in [0.4, 0.5) is 8.78 Å². The lowest BCUT2D eigenvalue weighted by molar-refractivity contribution is 0.234. The molecule has 0 radical (unpaired) electrons. The molecule has 0 atom stereocenters. The molecule has 0 bridgehead atoms. The molecule has 1 aromatic carbocycles. The first-order chi connectivity index (χ1) is 6.35. The van der Waals surface area contributed by atoms with Crippen LogP contribution in [0.5, 0.6) is 0 Å². The van der Waals surface area contributed by atoms with Crippen molar-refractivity contribution in [3.8, 4) is 0 Å². The van der Waals surface area contributed by atoms with Crippen LogP contribution in [0, 0.1) is 13.8 Å². The van der Waals surface area contributed by atoms with Crippen molar-refractivity contribution in [2.75, 3.05) is 0 Å². The third-order valence-corrected chi connectivity index (χ3v) is 3.41. The first-order valence-corrected chi connectivity index (χ1v) is 5.49. The van der Waals surface area contributed by atoms with Gasteiger partial charge in [-0.25, -0.2) is 8.42 Å². The molecule has 1 rings (SSSR count). The van der Waals surface area contributed by atoms with Crippen LogP contribution >= 0.6 is 0 Å². The van der Waals surface area contributed by atoms with Gasteiger partial charge in [-0.2, -0.15) is 8.78 Å². The molecule has 0 aromatic heterocycles. The zero-order valence-corrected chi connectivity index (χ0v) is 8.61. The van der Waals surface area contributed by atoms with Gasteiger partial charge in [0, 0.05) is 0 Å². The smallest absolute Gasteiger partial charge is 0.218 e. The van der Waals surface area contributed by atoms with Crippen LogP contribution in [0.3, 0.4) is 0 Å². The number of sulfone groups is 1. The molecule has 78 valence electrons. The summed E-state index contributed by atoms with van der Waals surface area (Å²) in [6.45, 7) is 3.27. The first kappa shape index (κ1) is 11.1. The maximum absolute atomic E-state index is 12.2. The van der Waals surface area contributed by atoms with E-state index < -0.39 is 15.6 Å². The van der Waals surface area contributed by atoms with Crippen LogP contribution in [-0.4, -0.2) is 14.2 Å². The fourth-order valence-corrected chi connectivity index (χ4v) is 2.17. The van der Waals surface area contributed by atoms with Gasteiger partial charge in [0.05, 0.1) is 4.90 Å². The van der Waals surface area contributed by atoms with E-state index in [1.54, 1.807) is 13.0 Å². The van der Waals surface area contributed by atoms with Gasteiger partial charge in [-0.05, 0) is 25.5 Å². The second kappa shape index (κ2) is 3.65. The molecule has 0 heterocycles. The van der Waals surface area contributed by atoms with Crippen LogP contribution in [0.15, 0.2) is 23.1 Å². The van der Waals surface area contributed by atoms with E-state index in [0.29, 0.717) is 5.56 Å². The molecule has 14 heavy (non-hydrogen) atoms. The Hall–Kier alpha value is -0.970. The molecule has 0 saturated carbocycles. The number of alkyl halides is 2. The van der Waals surface area contributed by atoms with Gasteiger partial charge in [-0.15, -0.1) is 0 Å². The fourth-order valence-electron chi connectivity index (χ4n) is 1.21. The van der Waals surface area contributed by atoms with Crippen molar-refractivity contribution in [3.05, 3.63) is 29.3 Å². The summed E-state index contributed by atoms with van der Waals surface area (Å²) in [5, 5.41) is 0. The van der Waals surface area contributed by atoms with Crippen molar-refractivity contribution >= 4 is 9.84 Å². The zero-order valence-electron chi connectivity index (χ0n) is 7.79. The number of rotatable bonds is 2. The van der Waals surface area contributed by atoms with Crippen LogP contribution < -0.4 is 0 Å². The summed E-state index contributed by atoms with van der Waals surface area (Å²) in [7, 11) is -4.46. The number of hydrogen-bond acceptors (Lipinski definition) is 2. The molecule has 2 nitrogen and oxygen atoms in total. The first-order valence-electron chi connectivity index (χ1n) is 3.95. The predicted octanol–water partition coefficient (Wildman–Crippen LogP) is 2.30. The van der Waals surface area contributed by atoms with E-state index in [9.17, 15) is 17.2 Å². The molecule has 0 fully saturated rings. The lowest BCUT2D eigenvalue weighted by Gasteiger charge is -2.06. The molecule has 0 unspecified atom stereocenters. The zero-order chi connectivity index (χ0) is 10.9. The summed E-state index contributed by atoms with van der Waals surface area (Å²) in [5.74, 6) is -3.36. The average molecular weight is 220 g/mol. The maximum atomic E-state index is 12.2. The fraction of sp³-hybridized carbons (Fsp3) is 0.333. The van der Waals surface area contributed by atoms with Crippen LogP contribution in [0.1, 0.15) is 11.1 Å². The Kier molecular flexibility index (Phi) is 2.89. The van der Waals surface area contributed by atoms with E-state index >= 15 is 0 Å². The van der Waals surface area contributed by atoms with E-state index in [-0.39, 0.29) is 4.90 Å². The van der Waals surface area contributed by atoms with Crippen LogP contribution in [0.25, 0.3) is 0 Å². The molecule has 0 aliphatic rings. The van der Waals surface area contributed by atoms with E-state index in [4.69, 9.17) is 0 Å². The molecular weight excluding hydrogens is 210 g/mol. The SMILES string of the molecule is Cc1ccc(S(=O)(=O)C(F)F)c(C)c1. The quantitative estimate of drug-likeness (QED) is 0.766. The normalized spacial score (nSPS) is 12.1. The Labute approximate surface area is 81.5 Å². The summed E-state index contributed by atoms with van der Waals surface area (Å²) >= 11 is 0. The second-order valence-corrected chi connectivity index (χ2v) is 4.96. The van der Waals surface area contributed by atoms with Crippen LogP contribution in [-0.2, 0) is 9.84 Å². The van der Waals surface area contributed by atoms with E-state index in [1.807, 2.05) is 0 Å². The Morgan fingerprint density at radius 1 is 1.21 bits per heavy atom. The molecule has 1 aromatic rings. The van der Waals surface area contributed by atoms with E-state index in [2.05, 4.69) is 0 Å². The predicted molar refractivity (Wildman–Crippen MR) is 49.1 cm³/mol. The highest BCUT2D eigenvalue weighted by molar-refractivity contribution is 7.91. The molecule has 0 N–H and O–H groups in total. The highest BCUT2D eigenvalue weighted by atomic mass is 32.2. The van der Waals surface area contributed by atoms with Crippen molar-refractivity contribution in [3.63, 3.8) is 0 Å². The van der Waals surface area contributed by atoms with Crippen molar-refractivity contribution in [1.29, 1.82) is 0 Å². The molecule has 0 aliphatic heterocycles. The summed E-state index contributed by atoms with van der Waals surface area (Å²) in [6, 6.07) is 4.28. The third-order valence-electron chi connectivity index (χ3n) is 1.87. The number of hydrogen-bond donors (Lipinski definition) is 0. The molecule has 0 saturated heterocycles. The standard InChI is InChI=1S/C9H10F2O2S/c1-6-3-4-8(7(2)5-6)14(12,13)9(10)11/h3-5,9H,1-2H3. The van der Waals surface area contributed by atoms with E-state index in [0.717, 1.165) is 5.56 Å². The van der Waals surface area contributed by atoms with Gasteiger partial charge in [0.15, 0.2) is 0 Å². The van der Waals surface area contributed by atoms with Gasteiger partial charge in [-0.1, -0.05) is 17.7 Å². The molecule has 0 aliphatic carbocycles. The largest absolute Gasteiger partial charge is 0.341 e. The highest BCUT2D eigenvalue weighted by Gasteiger charge is 2.27. The van der Waals surface area contributed by atoms with E-state index in [1.165, 1.54) is 19.1 Å². The number of benzene rings is 1. The number of aryl methyl sites for hydroxylation is 2. The summed E-state index contributed by atoms with van der Waals surface area (Å²) in [6.07, 6.45) is 0. The average Bonchev–Trinajstić information content (AvgIpc) is 2.02. The monoisotopic (exact) mass is 220 g/mol. The molecular formula is C9H10F2O2S. The molecule has 0 amide bonds. The lowest BCUT2D eigenvalue weighted by Crippen LogP contribution is -2.12. The van der Waals surface area contributed by atoms with Gasteiger partial charge < -0.3 is 0 Å². The van der Waals surface area contributed by atoms with Gasteiger partial charge in [0.1, 0.15) is 0 Å². The Bertz CT molecular complexity index is 438. The topological polar surface area (TPSA) is 34.1 Å². The Morgan fingerprint density at radius 3 is 2.21 bits per heavy atom. The minimum Gasteiger partial charge on any atom is -0.218 e. The van der Waals surface area contributed by atoms with Gasteiger partial charge in [0.2, 0.25) is 9.84 Å². The highest BCUT2D eigenvalue weighted by Crippen LogP contribution is 2.22. The summed E-state index contributed by atoms with van der Waals surface area (Å²) in [5.41, 5.74) is 1.20. The Morgan fingerprint density at radius 2 is 1.79 bits per heavy atom. The summed E-state index contributed by atoms with van der Waals surface area (Å²) in [4.78, 5) is -0.293. The third kappa shape index (κ3) is 1.92.